The molecule has 0 aromatic rings. The Kier molecular flexibility index (Phi) is 11.3. The minimum absolute atomic E-state index is 0.689. The zero-order valence-corrected chi connectivity index (χ0v) is 36.5. The van der Waals surface area contributed by atoms with Crippen LogP contribution in [0.1, 0.15) is 193 Å². The Morgan fingerprint density at radius 3 is 2.18 bits per heavy atom. The first kappa shape index (κ1) is 38.4. The summed E-state index contributed by atoms with van der Waals surface area (Å²) in [5.41, 5.74) is 7.58. The fourth-order valence-corrected chi connectivity index (χ4v) is 17.0. The van der Waals surface area contributed by atoms with Crippen molar-refractivity contribution in [3.63, 3.8) is 0 Å². The Labute approximate surface area is 349 Å². The normalized spacial score (nSPS) is 44.6. The van der Waals surface area contributed by atoms with E-state index in [0.29, 0.717) is 6.04 Å². The zero-order chi connectivity index (χ0) is 37.9. The first-order valence-corrected chi connectivity index (χ1v) is 26.2. The molecule has 0 aromatic heterocycles. The predicted octanol–water partition coefficient (Wildman–Crippen LogP) is 14.3. The van der Waals surface area contributed by atoms with Gasteiger partial charge in [0.05, 0.1) is 6.04 Å². The summed E-state index contributed by atoms with van der Waals surface area (Å²) < 4.78 is 0. The van der Waals surface area contributed by atoms with Crippen molar-refractivity contribution >= 4 is 0 Å². The zero-order valence-electron chi connectivity index (χ0n) is 36.5. The van der Waals surface area contributed by atoms with Crippen molar-refractivity contribution in [2.45, 2.75) is 223 Å². The standard InChI is InChI=1S/C55H82N2/c1-37-23-25-40(26-24-37)41-17-12-18-46(32-41)56-52-21-10-8-19-48(52)50-29-27-43(36-55(50)56)42-28-30-54-51(35-42)49-20-9-11-22-53(49)57(54)47-33-44(38-13-4-2-5-14-38)31-45(34-47)39-15-6-3-7-16-39/h23,25,29,31-32,35,37-41,43-44,47-49,51-55H,2-22,24,26-28,30,33-34,36H2,1H3. The van der Waals surface area contributed by atoms with Crippen LogP contribution in [-0.2, 0) is 0 Å². The number of hydrogen-bond acceptors (Lipinski definition) is 2. The molecule has 0 spiro atoms. The maximum Gasteiger partial charge on any atom is 0.0511 e. The predicted molar refractivity (Wildman–Crippen MR) is 239 cm³/mol. The van der Waals surface area contributed by atoms with Gasteiger partial charge in [-0.2, -0.15) is 0 Å². The lowest BCUT2D eigenvalue weighted by molar-refractivity contribution is 0.0648. The van der Waals surface area contributed by atoms with Crippen molar-refractivity contribution in [2.24, 2.45) is 59.2 Å². The van der Waals surface area contributed by atoms with Crippen LogP contribution in [0.5, 0.6) is 0 Å². The highest BCUT2D eigenvalue weighted by molar-refractivity contribution is 5.34. The Morgan fingerprint density at radius 1 is 0.544 bits per heavy atom. The average Bonchev–Trinajstić information content (AvgIpc) is 3.79. The van der Waals surface area contributed by atoms with Crippen LogP contribution in [0.4, 0.5) is 0 Å². The number of likely N-dealkylation sites (tertiary alicyclic amines) is 2. The third kappa shape index (κ3) is 7.38. The van der Waals surface area contributed by atoms with Crippen LogP contribution in [-0.4, -0.2) is 40.0 Å². The molecular formula is C55H82N2. The Balaban J connectivity index is 0.853. The van der Waals surface area contributed by atoms with Crippen molar-refractivity contribution < 1.29 is 0 Å². The second-order valence-electron chi connectivity index (χ2n) is 22.7. The molecule has 2 aliphatic heterocycles. The van der Waals surface area contributed by atoms with E-state index in [1.54, 1.807) is 5.70 Å². The third-order valence-electron chi connectivity index (χ3n) is 19.7. The van der Waals surface area contributed by atoms with Crippen molar-refractivity contribution in [3.8, 4) is 0 Å². The van der Waals surface area contributed by atoms with Gasteiger partial charge in [0, 0.05) is 35.8 Å². The van der Waals surface area contributed by atoms with Gasteiger partial charge in [-0.05, 0) is 181 Å². The molecule has 2 heteroatoms. The highest BCUT2D eigenvalue weighted by Crippen LogP contribution is 2.56. The summed E-state index contributed by atoms with van der Waals surface area (Å²) in [6.45, 7) is 2.42. The molecule has 2 nitrogen and oxygen atoms in total. The fraction of sp³-hybridized carbons (Fsp3) is 0.818. The van der Waals surface area contributed by atoms with E-state index in [-0.39, 0.29) is 0 Å². The molecule has 0 radical (unpaired) electrons. The van der Waals surface area contributed by atoms with E-state index in [1.165, 1.54) is 186 Å². The lowest BCUT2D eigenvalue weighted by Gasteiger charge is -2.46. The highest BCUT2D eigenvalue weighted by Gasteiger charge is 2.54. The number of allylic oxidation sites excluding steroid dienone is 7. The summed E-state index contributed by atoms with van der Waals surface area (Å²) in [4.78, 5) is 6.48. The SMILES string of the molecule is CC1C=CC(C2C=C(N3C4CC(C5=CC6C7CCCCC7N(C7CC(C8CCCCC8)=CC(C8CCCCC8)C7)C6CC5)CC=C4C4CCCCC43)CCC2)CC1. The Morgan fingerprint density at radius 2 is 1.33 bits per heavy atom. The Bertz CT molecular complexity index is 1580. The van der Waals surface area contributed by atoms with Gasteiger partial charge in [-0.1, -0.05) is 119 Å². The highest BCUT2D eigenvalue weighted by atomic mass is 15.3. The average molecular weight is 771 g/mol. The molecule has 9 aliphatic carbocycles. The van der Waals surface area contributed by atoms with Crippen LogP contribution in [0.3, 0.4) is 0 Å². The van der Waals surface area contributed by atoms with Gasteiger partial charge in [-0.15, -0.1) is 0 Å². The van der Waals surface area contributed by atoms with Gasteiger partial charge >= 0.3 is 0 Å². The van der Waals surface area contributed by atoms with Gasteiger partial charge in [0.25, 0.3) is 0 Å². The van der Waals surface area contributed by atoms with Crippen LogP contribution in [0.2, 0.25) is 0 Å². The molecule has 2 saturated heterocycles. The number of rotatable bonds is 6. The van der Waals surface area contributed by atoms with Crippen molar-refractivity contribution in [2.75, 3.05) is 0 Å². The smallest absolute Gasteiger partial charge is 0.0511 e. The van der Waals surface area contributed by atoms with E-state index in [0.717, 1.165) is 83.3 Å². The summed E-state index contributed by atoms with van der Waals surface area (Å²) in [5.74, 6) is 8.49. The molecule has 0 N–H and O–H groups in total. The van der Waals surface area contributed by atoms with Gasteiger partial charge in [0.1, 0.15) is 0 Å². The monoisotopic (exact) mass is 771 g/mol. The molecule has 57 heavy (non-hydrogen) atoms. The summed E-state index contributed by atoms with van der Waals surface area (Å²) in [5, 5.41) is 0. The second kappa shape index (κ2) is 16.7. The maximum atomic E-state index is 3.34. The molecule has 0 amide bonds. The summed E-state index contributed by atoms with van der Waals surface area (Å²) >= 11 is 0. The van der Waals surface area contributed by atoms with E-state index in [1.807, 2.05) is 16.7 Å². The fourth-order valence-electron chi connectivity index (χ4n) is 17.0. The molecular weight excluding hydrogens is 689 g/mol. The lowest BCUT2D eigenvalue weighted by atomic mass is 9.69. The van der Waals surface area contributed by atoms with Gasteiger partial charge in [-0.25, -0.2) is 0 Å². The molecule has 6 fully saturated rings. The molecule has 4 saturated carbocycles. The van der Waals surface area contributed by atoms with Crippen molar-refractivity contribution in [1.82, 2.24) is 9.80 Å². The number of fused-ring (bicyclic) bond motifs is 6. The molecule has 312 valence electrons. The van der Waals surface area contributed by atoms with Crippen molar-refractivity contribution in [3.05, 3.63) is 58.9 Å². The first-order chi connectivity index (χ1) is 28.2. The van der Waals surface area contributed by atoms with Gasteiger partial charge in [-0.3, -0.25) is 4.90 Å². The topological polar surface area (TPSA) is 6.48 Å². The van der Waals surface area contributed by atoms with Gasteiger partial charge < -0.3 is 4.90 Å². The van der Waals surface area contributed by atoms with E-state index in [2.05, 4.69) is 53.2 Å². The van der Waals surface area contributed by atoms with Crippen LogP contribution >= 0.6 is 0 Å². The molecule has 11 aliphatic rings. The van der Waals surface area contributed by atoms with Crippen LogP contribution < -0.4 is 0 Å². The van der Waals surface area contributed by atoms with Gasteiger partial charge in [0.15, 0.2) is 0 Å². The minimum Gasteiger partial charge on any atom is -0.365 e. The molecule has 13 unspecified atom stereocenters. The third-order valence-corrected chi connectivity index (χ3v) is 19.7. The van der Waals surface area contributed by atoms with Crippen molar-refractivity contribution in [1.29, 1.82) is 0 Å². The van der Waals surface area contributed by atoms with E-state index in [4.69, 9.17) is 0 Å². The first-order valence-electron chi connectivity index (χ1n) is 26.2. The van der Waals surface area contributed by atoms with Crippen LogP contribution in [0.15, 0.2) is 58.9 Å². The van der Waals surface area contributed by atoms with E-state index < -0.39 is 0 Å². The number of hydrogen-bond donors (Lipinski definition) is 0. The molecule has 13 atom stereocenters. The molecule has 2 heterocycles. The molecule has 0 aromatic carbocycles. The Hall–Kier alpha value is -1.54. The largest absolute Gasteiger partial charge is 0.365 e. The molecule has 0 bridgehead atoms. The van der Waals surface area contributed by atoms with Crippen LogP contribution in [0.25, 0.3) is 0 Å². The number of nitrogens with zero attached hydrogens (tertiary/aromatic N) is 2. The summed E-state index contributed by atoms with van der Waals surface area (Å²) in [7, 11) is 0. The summed E-state index contributed by atoms with van der Waals surface area (Å²) in [6, 6.07) is 3.99. The van der Waals surface area contributed by atoms with Gasteiger partial charge in [0.2, 0.25) is 0 Å². The van der Waals surface area contributed by atoms with Crippen LogP contribution in [0, 0.1) is 59.2 Å². The quantitative estimate of drug-likeness (QED) is 0.248. The second-order valence-corrected chi connectivity index (χ2v) is 22.7. The summed E-state index contributed by atoms with van der Waals surface area (Å²) in [6.07, 6.45) is 59.2. The van der Waals surface area contributed by atoms with E-state index >= 15 is 0 Å². The maximum absolute atomic E-state index is 3.34. The van der Waals surface area contributed by atoms with E-state index in [9.17, 15) is 0 Å². The minimum atomic E-state index is 0.689. The molecule has 11 rings (SSSR count). The lowest BCUT2D eigenvalue weighted by Crippen LogP contribution is -2.49.